The van der Waals surface area contributed by atoms with Crippen molar-refractivity contribution in [2.75, 3.05) is 60.0 Å². The van der Waals surface area contributed by atoms with E-state index in [1.165, 1.54) is 25.7 Å². The number of rotatable bonds is 21. The van der Waals surface area contributed by atoms with Gasteiger partial charge in [-0.3, -0.25) is 0 Å². The Kier molecular flexibility index (Phi) is 17.0. The van der Waals surface area contributed by atoms with Crippen LogP contribution >= 0.6 is 0 Å². The van der Waals surface area contributed by atoms with Gasteiger partial charge in [0.05, 0.1) is 50.6 Å². The van der Waals surface area contributed by atoms with Gasteiger partial charge in [0.1, 0.15) is 13.2 Å². The third-order valence-electron chi connectivity index (χ3n) is 3.49. The fourth-order valence-corrected chi connectivity index (χ4v) is 2.00. The topological polar surface area (TPSA) is 120 Å². The van der Waals surface area contributed by atoms with Gasteiger partial charge in [-0.25, -0.2) is 9.59 Å². The second kappa shape index (κ2) is 18.7. The van der Waals surface area contributed by atoms with Gasteiger partial charge in [-0.1, -0.05) is 26.3 Å². The van der Waals surface area contributed by atoms with Crippen LogP contribution in [-0.2, 0) is 42.7 Å². The number of amides is 1. The summed E-state index contributed by atoms with van der Waals surface area (Å²) in [5.74, 6) is -0.546. The van der Waals surface area contributed by atoms with E-state index < -0.39 is 17.5 Å². The van der Waals surface area contributed by atoms with Gasteiger partial charge < -0.3 is 43.2 Å². The first kappa shape index (κ1) is 29.0. The molecule has 0 fully saturated rings. The van der Waals surface area contributed by atoms with E-state index in [-0.39, 0.29) is 65.5 Å². The second-order valence-electron chi connectivity index (χ2n) is 6.32. The van der Waals surface area contributed by atoms with E-state index in [1.54, 1.807) is 0 Å². The minimum Gasteiger partial charge on any atom is -0.476 e. The minimum atomic E-state index is -0.927. The third kappa shape index (κ3) is 14.9. The van der Waals surface area contributed by atoms with Gasteiger partial charge in [0.25, 0.3) is 0 Å². The Morgan fingerprint density at radius 1 is 0.812 bits per heavy atom. The average molecular weight is 459 g/mol. The second-order valence-corrected chi connectivity index (χ2v) is 6.32. The summed E-state index contributed by atoms with van der Waals surface area (Å²) in [6.45, 7) is 15.1. The van der Waals surface area contributed by atoms with Crippen molar-refractivity contribution in [1.29, 1.82) is 0 Å². The molecule has 0 heterocycles. The smallest absolute Gasteiger partial charge is 0.407 e. The molecule has 1 N–H and O–H groups in total. The van der Waals surface area contributed by atoms with Crippen molar-refractivity contribution >= 4 is 12.1 Å². The van der Waals surface area contributed by atoms with Gasteiger partial charge in [-0.15, -0.1) is 0 Å². The molecule has 0 saturated heterocycles. The summed E-state index contributed by atoms with van der Waals surface area (Å²) < 4.78 is 41.5. The van der Waals surface area contributed by atoms with Crippen molar-refractivity contribution in [3.05, 3.63) is 50.7 Å². The molecule has 0 aromatic heterocycles. The molecule has 11 heteroatoms. The Morgan fingerprint density at radius 3 is 1.69 bits per heavy atom. The third-order valence-corrected chi connectivity index (χ3v) is 3.49. The lowest BCUT2D eigenvalue weighted by Gasteiger charge is -2.32. The highest BCUT2D eigenvalue weighted by molar-refractivity contribution is 5.86. The lowest BCUT2D eigenvalue weighted by atomic mass is 9.92. The number of hydrogen-bond donors (Lipinski definition) is 1. The molecule has 11 nitrogen and oxygen atoms in total. The molecule has 182 valence electrons. The predicted molar refractivity (Wildman–Crippen MR) is 114 cm³/mol. The first-order valence-electron chi connectivity index (χ1n) is 9.55. The van der Waals surface area contributed by atoms with Crippen LogP contribution in [0.3, 0.4) is 0 Å². The Balaban J connectivity index is 4.87. The van der Waals surface area contributed by atoms with Crippen molar-refractivity contribution in [2.24, 2.45) is 5.41 Å². The van der Waals surface area contributed by atoms with E-state index >= 15 is 0 Å². The minimum absolute atomic E-state index is 0.0298. The normalized spacial score (nSPS) is 10.4. The largest absolute Gasteiger partial charge is 0.476 e. The number of hydrogen-bond acceptors (Lipinski definition) is 10. The first-order chi connectivity index (χ1) is 15.4. The lowest BCUT2D eigenvalue weighted by Crippen LogP contribution is -2.44. The molecule has 0 aromatic rings. The van der Waals surface area contributed by atoms with Gasteiger partial charge in [0.2, 0.25) is 0 Å². The lowest BCUT2D eigenvalue weighted by molar-refractivity contribution is -0.149. The van der Waals surface area contributed by atoms with Gasteiger partial charge in [-0.2, -0.15) is 0 Å². The van der Waals surface area contributed by atoms with Gasteiger partial charge >= 0.3 is 12.1 Å². The van der Waals surface area contributed by atoms with Crippen LogP contribution in [0.4, 0.5) is 4.79 Å². The average Bonchev–Trinajstić information content (AvgIpc) is 2.78. The first-order valence-corrected chi connectivity index (χ1v) is 9.55. The molecule has 0 saturated carbocycles. The van der Waals surface area contributed by atoms with E-state index in [0.29, 0.717) is 0 Å². The zero-order valence-corrected chi connectivity index (χ0v) is 18.5. The molecule has 0 rings (SSSR count). The van der Waals surface area contributed by atoms with Gasteiger partial charge in [-0.05, 0) is 6.92 Å². The molecule has 1 amide bonds. The summed E-state index contributed by atoms with van der Waals surface area (Å²) in [6.07, 6.45) is 2.96. The van der Waals surface area contributed by atoms with Crippen molar-refractivity contribution in [3.63, 3.8) is 0 Å². The van der Waals surface area contributed by atoms with Crippen LogP contribution in [0.5, 0.6) is 0 Å². The van der Waals surface area contributed by atoms with Crippen LogP contribution in [0, 0.1) is 5.41 Å². The summed E-state index contributed by atoms with van der Waals surface area (Å²) in [5.41, 5.74) is -0.665. The SMILES string of the molecule is C=COCOCC(COCOC=C)(COCOC=C)COC(=O)NCCOC(=O)C(=C)C. The summed E-state index contributed by atoms with van der Waals surface area (Å²) in [4.78, 5) is 23.4. The molecule has 0 spiro atoms. The number of alkyl carbamates (subject to hydrolysis) is 1. The zero-order valence-electron chi connectivity index (χ0n) is 18.5. The maximum Gasteiger partial charge on any atom is 0.407 e. The summed E-state index contributed by atoms with van der Waals surface area (Å²) in [7, 11) is 0. The Morgan fingerprint density at radius 2 is 1.28 bits per heavy atom. The highest BCUT2D eigenvalue weighted by atomic mass is 16.7. The predicted octanol–water partition coefficient (Wildman–Crippen LogP) is 2.22. The van der Waals surface area contributed by atoms with Crippen LogP contribution in [0.25, 0.3) is 0 Å². The number of esters is 1. The van der Waals surface area contributed by atoms with E-state index in [0.717, 1.165) is 0 Å². The standard InChI is InChI=1S/C21H33NO10/c1-6-25-15-28-11-21(12-29-16-26-7-2,13-30-17-27-8-3)14-32-20(24)22-9-10-31-19(23)18(4)5/h6-8H,1-4,9-17H2,5H3,(H,22,24). The highest BCUT2D eigenvalue weighted by Crippen LogP contribution is 2.21. The molecule has 0 aliphatic heterocycles. The number of nitrogens with one attached hydrogen (secondary N) is 1. The molecular weight excluding hydrogens is 426 g/mol. The van der Waals surface area contributed by atoms with Crippen LogP contribution in [-0.4, -0.2) is 72.0 Å². The molecule has 0 aliphatic rings. The number of ether oxygens (including phenoxy) is 8. The van der Waals surface area contributed by atoms with E-state index in [4.69, 9.17) is 37.9 Å². The number of carbonyl (C=O) groups excluding carboxylic acids is 2. The number of carbonyl (C=O) groups is 2. The summed E-state index contributed by atoms with van der Waals surface area (Å²) in [6, 6.07) is 0. The van der Waals surface area contributed by atoms with Crippen molar-refractivity contribution < 1.29 is 47.5 Å². The molecule has 32 heavy (non-hydrogen) atoms. The monoisotopic (exact) mass is 459 g/mol. The Hall–Kier alpha value is -3.02. The quantitative estimate of drug-likeness (QED) is 0.0899. The fraction of sp³-hybridized carbons (Fsp3) is 0.524. The molecule has 0 aromatic carbocycles. The fourth-order valence-electron chi connectivity index (χ4n) is 2.00. The molecule has 0 atom stereocenters. The van der Waals surface area contributed by atoms with Crippen molar-refractivity contribution in [1.82, 2.24) is 5.32 Å². The Bertz CT molecular complexity index is 552. The van der Waals surface area contributed by atoms with Crippen LogP contribution in [0.15, 0.2) is 50.7 Å². The molecule has 0 bridgehead atoms. The maximum atomic E-state index is 12.1. The maximum absolute atomic E-state index is 12.1. The molecule has 0 aliphatic carbocycles. The van der Waals surface area contributed by atoms with Gasteiger partial charge in [0, 0.05) is 5.57 Å². The Labute approximate surface area is 188 Å². The zero-order chi connectivity index (χ0) is 24.1. The van der Waals surface area contributed by atoms with Crippen LogP contribution in [0.1, 0.15) is 6.92 Å². The van der Waals surface area contributed by atoms with Crippen molar-refractivity contribution in [3.8, 4) is 0 Å². The molecule has 0 radical (unpaired) electrons. The van der Waals surface area contributed by atoms with Crippen molar-refractivity contribution in [2.45, 2.75) is 6.92 Å². The van der Waals surface area contributed by atoms with E-state index in [9.17, 15) is 9.59 Å². The van der Waals surface area contributed by atoms with Crippen LogP contribution < -0.4 is 5.32 Å². The van der Waals surface area contributed by atoms with E-state index in [1.807, 2.05) is 0 Å². The summed E-state index contributed by atoms with van der Waals surface area (Å²) in [5, 5.41) is 2.47. The van der Waals surface area contributed by atoms with E-state index in [2.05, 4.69) is 31.6 Å². The van der Waals surface area contributed by atoms with Gasteiger partial charge in [0.15, 0.2) is 20.4 Å². The molecule has 0 unspecified atom stereocenters. The highest BCUT2D eigenvalue weighted by Gasteiger charge is 2.34. The molecular formula is C21H33NO10. The summed E-state index contributed by atoms with van der Waals surface area (Å²) >= 11 is 0. The van der Waals surface area contributed by atoms with Crippen LogP contribution in [0.2, 0.25) is 0 Å².